The Kier molecular flexibility index (Phi) is 2.44. The largest absolute Gasteiger partial charge is 0.393 e. The van der Waals surface area contributed by atoms with E-state index in [-0.39, 0.29) is 30.0 Å². The molecule has 0 spiro atoms. The van der Waals surface area contributed by atoms with E-state index in [0.29, 0.717) is 19.3 Å². The summed E-state index contributed by atoms with van der Waals surface area (Å²) in [5, 5.41) is 21.4. The fourth-order valence-corrected chi connectivity index (χ4v) is 6.46. The Balaban J connectivity index is 1.77. The second-order valence-electron chi connectivity index (χ2n) is 8.53. The Labute approximate surface area is 139 Å². The fraction of sp³-hybridized carbons (Fsp3) is 0.947. The Morgan fingerprint density at radius 3 is 2.77 bits per heavy atom. The molecule has 4 aliphatic carbocycles. The van der Waals surface area contributed by atoms with Gasteiger partial charge in [-0.05, 0) is 73.9 Å². The van der Waals surface area contributed by atoms with Gasteiger partial charge in [0.25, 0.3) is 0 Å². The van der Waals surface area contributed by atoms with Gasteiger partial charge < -0.3 is 10.2 Å². The number of ketones is 1. The molecule has 0 amide bonds. The van der Waals surface area contributed by atoms with Crippen molar-refractivity contribution in [2.75, 3.05) is 0 Å². The minimum Gasteiger partial charge on any atom is -0.393 e. The number of rotatable bonds is 0. The first kappa shape index (κ1) is 11.2. The quantitative estimate of drug-likeness (QED) is 0.723. The van der Waals surface area contributed by atoms with Crippen LogP contribution in [-0.4, -0.2) is 28.2 Å². The summed E-state index contributed by atoms with van der Waals surface area (Å²) >= 11 is 0. The fourth-order valence-electron chi connectivity index (χ4n) is 6.46. The normalized spacial score (nSPS) is 65.2. The number of fused-ring (bicyclic) bond motifs is 5. The van der Waals surface area contributed by atoms with E-state index in [1.165, 1.54) is 0 Å². The van der Waals surface area contributed by atoms with Crippen molar-refractivity contribution in [2.24, 2.45) is 34.5 Å². The van der Waals surface area contributed by atoms with Crippen LogP contribution in [0.4, 0.5) is 0 Å². The second kappa shape index (κ2) is 4.80. The smallest absolute Gasteiger partial charge is 0.139 e. The monoisotopic (exact) mass is 310 g/mol. The average molecular weight is 310 g/mol. The summed E-state index contributed by atoms with van der Waals surface area (Å²) in [7, 11) is 0. The van der Waals surface area contributed by atoms with Crippen LogP contribution in [0.3, 0.4) is 0 Å². The lowest BCUT2D eigenvalue weighted by molar-refractivity contribution is -0.175. The number of carbonyl (C=O) groups excluding carboxylic acids is 1. The van der Waals surface area contributed by atoms with Gasteiger partial charge in [0.15, 0.2) is 0 Å². The van der Waals surface area contributed by atoms with Crippen molar-refractivity contribution in [3.8, 4) is 0 Å². The SMILES string of the molecule is [2H]C1([2H])C[C@]2(C)[C@@H]3[C@@H](CC[C@@H]2C([2H])([2H])[C@@H]1O)[C@@H]1CCC(=O)[C@@]1(C)C[C@@H]3O. The van der Waals surface area contributed by atoms with Gasteiger partial charge in [-0.2, -0.15) is 0 Å². The molecule has 0 radical (unpaired) electrons. The highest BCUT2D eigenvalue weighted by Gasteiger charge is 2.63. The first-order valence-electron chi connectivity index (χ1n) is 10.7. The highest BCUT2D eigenvalue weighted by Crippen LogP contribution is 2.65. The van der Waals surface area contributed by atoms with Crippen molar-refractivity contribution < 1.29 is 20.5 Å². The lowest BCUT2D eigenvalue weighted by atomic mass is 9.44. The van der Waals surface area contributed by atoms with Crippen LogP contribution < -0.4 is 0 Å². The molecule has 0 bridgehead atoms. The van der Waals surface area contributed by atoms with Gasteiger partial charge in [0.05, 0.1) is 12.2 Å². The molecule has 8 atom stereocenters. The molecule has 3 heteroatoms. The Hall–Kier alpha value is -0.410. The molecule has 2 N–H and O–H groups in total. The van der Waals surface area contributed by atoms with Crippen molar-refractivity contribution in [1.82, 2.24) is 0 Å². The summed E-state index contributed by atoms with van der Waals surface area (Å²) in [5.41, 5.74) is -1.21. The summed E-state index contributed by atoms with van der Waals surface area (Å²) in [6.45, 7) is 3.89. The van der Waals surface area contributed by atoms with Crippen molar-refractivity contribution in [3.63, 3.8) is 0 Å². The minimum absolute atomic E-state index is 0.0565. The predicted molar refractivity (Wildman–Crippen MR) is 84.1 cm³/mol. The number of aliphatic hydroxyl groups excluding tert-OH is 2. The van der Waals surface area contributed by atoms with Crippen LogP contribution in [-0.2, 0) is 4.79 Å². The highest BCUT2D eigenvalue weighted by molar-refractivity contribution is 5.87. The van der Waals surface area contributed by atoms with Crippen LogP contribution in [0.15, 0.2) is 0 Å². The minimum atomic E-state index is -2.03. The Morgan fingerprint density at radius 2 is 2.00 bits per heavy atom. The van der Waals surface area contributed by atoms with E-state index in [2.05, 4.69) is 0 Å². The first-order chi connectivity index (χ1) is 11.9. The molecule has 0 saturated heterocycles. The van der Waals surface area contributed by atoms with Crippen molar-refractivity contribution in [1.29, 1.82) is 0 Å². The summed E-state index contributed by atoms with van der Waals surface area (Å²) in [6.07, 6.45) is -3.27. The Morgan fingerprint density at radius 1 is 1.23 bits per heavy atom. The van der Waals surface area contributed by atoms with Crippen LogP contribution >= 0.6 is 0 Å². The third kappa shape index (κ3) is 1.84. The van der Waals surface area contributed by atoms with Gasteiger partial charge in [-0.3, -0.25) is 4.79 Å². The van der Waals surface area contributed by atoms with E-state index in [1.54, 1.807) is 0 Å². The van der Waals surface area contributed by atoms with E-state index in [1.807, 2.05) is 13.8 Å². The third-order valence-corrected chi connectivity index (χ3v) is 7.55. The second-order valence-corrected chi connectivity index (χ2v) is 8.53. The molecule has 4 saturated carbocycles. The summed E-state index contributed by atoms with van der Waals surface area (Å²) in [6, 6.07) is 0. The molecule has 4 fully saturated rings. The third-order valence-electron chi connectivity index (χ3n) is 7.55. The number of carbonyl (C=O) groups is 1. The van der Waals surface area contributed by atoms with Crippen molar-refractivity contribution in [3.05, 3.63) is 0 Å². The van der Waals surface area contributed by atoms with Gasteiger partial charge in [-0.15, -0.1) is 0 Å². The van der Waals surface area contributed by atoms with Crippen LogP contribution in [0, 0.1) is 34.5 Å². The van der Waals surface area contributed by atoms with E-state index in [4.69, 9.17) is 5.48 Å². The van der Waals surface area contributed by atoms with Gasteiger partial charge in [0.1, 0.15) is 5.78 Å². The maximum Gasteiger partial charge on any atom is 0.139 e. The molecule has 0 aliphatic heterocycles. The molecule has 124 valence electrons. The van der Waals surface area contributed by atoms with Gasteiger partial charge in [-0.25, -0.2) is 0 Å². The van der Waals surface area contributed by atoms with Crippen LogP contribution in [0.1, 0.15) is 70.6 Å². The number of hydrogen-bond acceptors (Lipinski definition) is 3. The van der Waals surface area contributed by atoms with Gasteiger partial charge >= 0.3 is 0 Å². The summed E-state index contributed by atoms with van der Waals surface area (Å²) < 4.78 is 33.5. The maximum absolute atomic E-state index is 12.5. The van der Waals surface area contributed by atoms with Crippen molar-refractivity contribution >= 4 is 5.78 Å². The van der Waals surface area contributed by atoms with Crippen LogP contribution in [0.25, 0.3) is 0 Å². The van der Waals surface area contributed by atoms with E-state index >= 15 is 0 Å². The zero-order valence-electron chi connectivity index (χ0n) is 17.5. The molecule has 4 rings (SSSR count). The maximum atomic E-state index is 12.5. The van der Waals surface area contributed by atoms with Gasteiger partial charge in [0.2, 0.25) is 0 Å². The number of Topliss-reactive ketones (excluding diaryl/α,β-unsaturated/α-hetero) is 1. The van der Waals surface area contributed by atoms with Crippen molar-refractivity contribution in [2.45, 2.75) is 77.3 Å². The van der Waals surface area contributed by atoms with Gasteiger partial charge in [0, 0.05) is 17.3 Å². The lowest BCUT2D eigenvalue weighted by Gasteiger charge is -2.61. The molecular formula is C19H30O3. The van der Waals surface area contributed by atoms with E-state index < -0.39 is 41.7 Å². The molecule has 0 aromatic rings. The molecule has 0 aromatic heterocycles. The van der Waals surface area contributed by atoms with Crippen LogP contribution in [0.5, 0.6) is 0 Å². The summed E-state index contributed by atoms with van der Waals surface area (Å²) in [5.74, 6) is -0.144. The molecule has 0 heterocycles. The number of hydrogen-bond donors (Lipinski definition) is 2. The molecule has 4 aliphatic rings. The van der Waals surface area contributed by atoms with Gasteiger partial charge in [-0.1, -0.05) is 13.8 Å². The number of aliphatic hydroxyl groups is 2. The predicted octanol–water partition coefficient (Wildman–Crippen LogP) is 2.93. The topological polar surface area (TPSA) is 57.5 Å². The first-order valence-corrected chi connectivity index (χ1v) is 8.75. The zero-order chi connectivity index (χ0) is 19.3. The molecule has 0 aromatic carbocycles. The Bertz CT molecular complexity index is 638. The zero-order valence-corrected chi connectivity index (χ0v) is 13.5. The highest BCUT2D eigenvalue weighted by atomic mass is 16.3. The average Bonchev–Trinajstić information content (AvgIpc) is 2.79. The molecular weight excluding hydrogens is 276 g/mol. The standard InChI is InChI=1S/C19H30O3/c1-18-8-7-12(20)9-11(18)3-4-13-14-5-6-16(22)19(14,2)10-15(21)17(13)18/h11-15,17,20-21H,3-10H2,1-2H3/t11-,12-,13+,14+,15+,17-,18+,19+/m1/s1/i7D2,9D2. The van der Waals surface area contributed by atoms with Crippen LogP contribution in [0.2, 0.25) is 0 Å². The van der Waals surface area contributed by atoms with E-state index in [9.17, 15) is 15.0 Å². The lowest BCUT2D eigenvalue weighted by Crippen LogP contribution is -2.59. The summed E-state index contributed by atoms with van der Waals surface area (Å²) in [4.78, 5) is 12.5. The molecule has 3 nitrogen and oxygen atoms in total. The molecule has 22 heavy (non-hydrogen) atoms. The van der Waals surface area contributed by atoms with E-state index in [0.717, 1.165) is 12.8 Å². The molecule has 0 unspecified atom stereocenters.